The van der Waals surface area contributed by atoms with Gasteiger partial charge in [-0.3, -0.25) is 0 Å². The third kappa shape index (κ3) is 8.59. The van der Waals surface area contributed by atoms with E-state index in [-0.39, 0.29) is 0 Å². The molecule has 0 aromatic rings. The number of rotatable bonds is 8. The normalized spacial score (nSPS) is 15.9. The van der Waals surface area contributed by atoms with Gasteiger partial charge in [0.15, 0.2) is 0 Å². The molecule has 0 saturated heterocycles. The van der Waals surface area contributed by atoms with Crippen molar-refractivity contribution in [3.63, 3.8) is 0 Å². The van der Waals surface area contributed by atoms with E-state index >= 15 is 0 Å². The third-order valence-corrected chi connectivity index (χ3v) is 3.05. The first-order valence-electron chi connectivity index (χ1n) is 6.56. The van der Waals surface area contributed by atoms with E-state index in [9.17, 15) is 0 Å². The Balaban J connectivity index is 3.34. The van der Waals surface area contributed by atoms with Crippen LogP contribution in [0.1, 0.15) is 73.1 Å². The van der Waals surface area contributed by atoms with E-state index in [1.54, 1.807) is 0 Å². The van der Waals surface area contributed by atoms with E-state index in [4.69, 9.17) is 0 Å². The monoisotopic (exact) mass is 198 g/mol. The van der Waals surface area contributed by atoms with E-state index in [0.717, 1.165) is 17.8 Å². The van der Waals surface area contributed by atoms with Gasteiger partial charge in [0.2, 0.25) is 0 Å². The van der Waals surface area contributed by atoms with Gasteiger partial charge in [-0.15, -0.1) is 0 Å². The summed E-state index contributed by atoms with van der Waals surface area (Å²) in [5.74, 6) is 2.76. The minimum absolute atomic E-state index is 0.873. The fourth-order valence-electron chi connectivity index (χ4n) is 2.37. The van der Waals surface area contributed by atoms with Crippen molar-refractivity contribution in [1.29, 1.82) is 0 Å². The van der Waals surface area contributed by atoms with Gasteiger partial charge in [0.25, 0.3) is 0 Å². The predicted octanol–water partition coefficient (Wildman–Crippen LogP) is 5.28. The first-order valence-corrected chi connectivity index (χ1v) is 6.56. The molecule has 2 unspecified atom stereocenters. The van der Waals surface area contributed by atoms with E-state index in [2.05, 4.69) is 34.6 Å². The summed E-state index contributed by atoms with van der Waals surface area (Å²) >= 11 is 0. The molecule has 2 atom stereocenters. The molecule has 0 saturated carbocycles. The molecule has 0 radical (unpaired) electrons. The third-order valence-electron chi connectivity index (χ3n) is 3.05. The first-order chi connectivity index (χ1) is 6.56. The summed E-state index contributed by atoms with van der Waals surface area (Å²) in [6.07, 6.45) is 8.49. The van der Waals surface area contributed by atoms with Crippen LogP contribution in [0.3, 0.4) is 0 Å². The van der Waals surface area contributed by atoms with Crippen LogP contribution in [0.25, 0.3) is 0 Å². The lowest BCUT2D eigenvalue weighted by molar-refractivity contribution is 0.376. The summed E-state index contributed by atoms with van der Waals surface area (Å²) in [6.45, 7) is 11.8. The van der Waals surface area contributed by atoms with Crippen LogP contribution in [0, 0.1) is 17.8 Å². The maximum atomic E-state index is 2.41. The lowest BCUT2D eigenvalue weighted by atomic mass is 9.91. The van der Waals surface area contributed by atoms with Crippen molar-refractivity contribution in [2.75, 3.05) is 0 Å². The molecular weight excluding hydrogens is 168 g/mol. The van der Waals surface area contributed by atoms with Crippen molar-refractivity contribution in [2.24, 2.45) is 17.8 Å². The summed E-state index contributed by atoms with van der Waals surface area (Å²) < 4.78 is 0. The maximum Gasteiger partial charge on any atom is -0.0440 e. The summed E-state index contributed by atoms with van der Waals surface area (Å²) in [7, 11) is 0. The fraction of sp³-hybridized carbons (Fsp3) is 1.00. The highest BCUT2D eigenvalue weighted by Gasteiger charge is 2.06. The molecule has 0 heterocycles. The number of hydrogen-bond acceptors (Lipinski definition) is 0. The number of hydrogen-bond donors (Lipinski definition) is 0. The SMILES string of the molecule is CCCC(C)CCCC(C)CC(C)C. The average molecular weight is 198 g/mol. The van der Waals surface area contributed by atoms with Crippen LogP contribution in [-0.2, 0) is 0 Å². The second-order valence-electron chi connectivity index (χ2n) is 5.56. The highest BCUT2D eigenvalue weighted by molar-refractivity contribution is 4.59. The Labute approximate surface area is 91.5 Å². The highest BCUT2D eigenvalue weighted by Crippen LogP contribution is 2.20. The van der Waals surface area contributed by atoms with Gasteiger partial charge in [0.05, 0.1) is 0 Å². The Bertz CT molecular complexity index is 115. The standard InChI is InChI=1S/C14H30/c1-6-8-13(4)9-7-10-14(5)11-12(2)3/h12-14H,6-11H2,1-5H3. The Morgan fingerprint density at radius 2 is 1.36 bits per heavy atom. The zero-order chi connectivity index (χ0) is 11.0. The molecule has 0 amide bonds. The van der Waals surface area contributed by atoms with Crippen molar-refractivity contribution in [3.05, 3.63) is 0 Å². The average Bonchev–Trinajstić information content (AvgIpc) is 2.02. The van der Waals surface area contributed by atoms with Crippen LogP contribution in [0.2, 0.25) is 0 Å². The van der Waals surface area contributed by atoms with E-state index < -0.39 is 0 Å². The molecule has 0 bridgehead atoms. The van der Waals surface area contributed by atoms with Gasteiger partial charge in [-0.05, 0) is 24.2 Å². The molecule has 0 aliphatic heterocycles. The van der Waals surface area contributed by atoms with Crippen LogP contribution < -0.4 is 0 Å². The Kier molecular flexibility index (Phi) is 8.32. The second kappa shape index (κ2) is 8.32. The lowest BCUT2D eigenvalue weighted by Gasteiger charge is -2.15. The summed E-state index contributed by atoms with van der Waals surface area (Å²) in [5, 5.41) is 0. The summed E-state index contributed by atoms with van der Waals surface area (Å²) in [4.78, 5) is 0. The Morgan fingerprint density at radius 3 is 1.86 bits per heavy atom. The van der Waals surface area contributed by atoms with E-state index in [0.29, 0.717) is 0 Å². The zero-order valence-electron chi connectivity index (χ0n) is 11.0. The van der Waals surface area contributed by atoms with Gasteiger partial charge < -0.3 is 0 Å². The molecule has 0 aromatic carbocycles. The van der Waals surface area contributed by atoms with Gasteiger partial charge in [-0.2, -0.15) is 0 Å². The van der Waals surface area contributed by atoms with Crippen molar-refractivity contribution >= 4 is 0 Å². The summed E-state index contributed by atoms with van der Waals surface area (Å²) in [5.41, 5.74) is 0. The lowest BCUT2D eigenvalue weighted by Crippen LogP contribution is -2.01. The molecule has 0 N–H and O–H groups in total. The molecule has 14 heavy (non-hydrogen) atoms. The van der Waals surface area contributed by atoms with Crippen molar-refractivity contribution < 1.29 is 0 Å². The van der Waals surface area contributed by atoms with Gasteiger partial charge >= 0.3 is 0 Å². The van der Waals surface area contributed by atoms with Crippen molar-refractivity contribution in [1.82, 2.24) is 0 Å². The molecular formula is C14H30. The second-order valence-corrected chi connectivity index (χ2v) is 5.56. The van der Waals surface area contributed by atoms with E-state index in [1.807, 2.05) is 0 Å². The molecule has 86 valence electrons. The molecule has 0 rings (SSSR count). The minimum Gasteiger partial charge on any atom is -0.0654 e. The molecule has 0 nitrogen and oxygen atoms in total. The van der Waals surface area contributed by atoms with Crippen LogP contribution in [0.4, 0.5) is 0 Å². The smallest absolute Gasteiger partial charge is 0.0440 e. The molecule has 0 heteroatoms. The van der Waals surface area contributed by atoms with Gasteiger partial charge in [-0.1, -0.05) is 66.7 Å². The van der Waals surface area contributed by atoms with Crippen molar-refractivity contribution in [2.45, 2.75) is 73.1 Å². The van der Waals surface area contributed by atoms with Crippen LogP contribution in [0.5, 0.6) is 0 Å². The molecule has 0 aromatic heterocycles. The van der Waals surface area contributed by atoms with Crippen LogP contribution in [0.15, 0.2) is 0 Å². The van der Waals surface area contributed by atoms with Gasteiger partial charge in [0, 0.05) is 0 Å². The molecule has 0 aliphatic rings. The fourth-order valence-corrected chi connectivity index (χ4v) is 2.37. The molecule has 0 fully saturated rings. The maximum absolute atomic E-state index is 2.41. The van der Waals surface area contributed by atoms with Gasteiger partial charge in [0.1, 0.15) is 0 Å². The van der Waals surface area contributed by atoms with Gasteiger partial charge in [-0.25, -0.2) is 0 Å². The zero-order valence-corrected chi connectivity index (χ0v) is 11.0. The van der Waals surface area contributed by atoms with E-state index in [1.165, 1.54) is 38.5 Å². The quantitative estimate of drug-likeness (QED) is 0.498. The van der Waals surface area contributed by atoms with Crippen molar-refractivity contribution in [3.8, 4) is 0 Å². The minimum atomic E-state index is 0.873. The Hall–Kier alpha value is 0. The molecule has 0 spiro atoms. The highest BCUT2D eigenvalue weighted by atomic mass is 14.1. The van der Waals surface area contributed by atoms with Crippen LogP contribution in [-0.4, -0.2) is 0 Å². The largest absolute Gasteiger partial charge is 0.0654 e. The predicted molar refractivity (Wildman–Crippen MR) is 66.5 cm³/mol. The molecule has 0 aliphatic carbocycles. The van der Waals surface area contributed by atoms with Crippen LogP contribution >= 0.6 is 0 Å². The summed E-state index contributed by atoms with van der Waals surface area (Å²) in [6, 6.07) is 0. The first kappa shape index (κ1) is 14.0. The Morgan fingerprint density at radius 1 is 0.786 bits per heavy atom. The topological polar surface area (TPSA) is 0 Å².